The van der Waals surface area contributed by atoms with E-state index in [-0.39, 0.29) is 30.1 Å². The van der Waals surface area contributed by atoms with Gasteiger partial charge in [0.2, 0.25) is 0 Å². The molecule has 2 N–H and O–H groups in total. The number of phenolic OH excluding ortho intramolecular Hbond substituents is 1. The minimum Gasteiger partial charge on any atom is -0.507 e. The summed E-state index contributed by atoms with van der Waals surface area (Å²) in [6, 6.07) is 6.00. The van der Waals surface area contributed by atoms with E-state index >= 15 is 0 Å². The Labute approximate surface area is 112 Å². The van der Waals surface area contributed by atoms with Crippen LogP contribution in [0.3, 0.4) is 0 Å². The quantitative estimate of drug-likeness (QED) is 0.840. The number of para-hydroxylation sites is 1. The molecule has 0 saturated heterocycles. The zero-order valence-corrected chi connectivity index (χ0v) is 10.3. The maximum absolute atomic E-state index is 13.4. The molecule has 20 heavy (non-hydrogen) atoms. The monoisotopic (exact) mass is 288 g/mol. The number of halogens is 4. The summed E-state index contributed by atoms with van der Waals surface area (Å²) in [5.41, 5.74) is -0.630. The van der Waals surface area contributed by atoms with Gasteiger partial charge in [-0.2, -0.15) is 8.78 Å². The SMILES string of the molecule is Oc1ccccc1C1=NCCNC(C(F)(F)C(F)F)=C1. The van der Waals surface area contributed by atoms with Gasteiger partial charge in [-0.15, -0.1) is 0 Å². The number of nitrogens with one attached hydrogen (secondary N) is 1. The van der Waals surface area contributed by atoms with Crippen LogP contribution in [0.5, 0.6) is 5.75 Å². The van der Waals surface area contributed by atoms with Crippen molar-refractivity contribution in [3.8, 4) is 5.75 Å². The van der Waals surface area contributed by atoms with E-state index in [4.69, 9.17) is 0 Å². The molecule has 0 atom stereocenters. The first kappa shape index (κ1) is 14.4. The van der Waals surface area contributed by atoms with Gasteiger partial charge in [0.05, 0.1) is 18.0 Å². The number of hydrogen-bond acceptors (Lipinski definition) is 3. The second-order valence-electron chi connectivity index (χ2n) is 4.19. The number of alkyl halides is 4. The molecule has 1 aromatic carbocycles. The van der Waals surface area contributed by atoms with Crippen LogP contribution in [0.1, 0.15) is 5.56 Å². The molecular formula is C13H12F4N2O. The van der Waals surface area contributed by atoms with E-state index in [0.29, 0.717) is 0 Å². The molecule has 0 aliphatic carbocycles. The Morgan fingerprint density at radius 1 is 1.25 bits per heavy atom. The summed E-state index contributed by atoms with van der Waals surface area (Å²) in [5.74, 6) is -4.43. The molecule has 0 fully saturated rings. The minimum atomic E-state index is -4.28. The van der Waals surface area contributed by atoms with E-state index in [1.54, 1.807) is 12.1 Å². The Morgan fingerprint density at radius 2 is 1.95 bits per heavy atom. The minimum absolute atomic E-state index is 0.0191. The van der Waals surface area contributed by atoms with Gasteiger partial charge in [0.15, 0.2) is 0 Å². The lowest BCUT2D eigenvalue weighted by atomic mass is 10.1. The van der Waals surface area contributed by atoms with Crippen molar-refractivity contribution >= 4 is 5.71 Å². The molecule has 2 rings (SSSR count). The third-order valence-corrected chi connectivity index (χ3v) is 2.80. The molecule has 0 amide bonds. The Morgan fingerprint density at radius 3 is 2.60 bits per heavy atom. The number of phenols is 1. The van der Waals surface area contributed by atoms with Crippen LogP contribution in [-0.2, 0) is 0 Å². The molecule has 0 spiro atoms. The molecule has 0 unspecified atom stereocenters. The van der Waals surface area contributed by atoms with Crippen LogP contribution in [0, 0.1) is 0 Å². The van der Waals surface area contributed by atoms with Gasteiger partial charge in [-0.3, -0.25) is 4.99 Å². The molecule has 0 saturated carbocycles. The summed E-state index contributed by atoms with van der Waals surface area (Å²) in [6.45, 7) is 0.161. The Bertz CT molecular complexity index is 555. The van der Waals surface area contributed by atoms with E-state index in [2.05, 4.69) is 10.3 Å². The highest BCUT2D eigenvalue weighted by Gasteiger charge is 2.45. The molecular weight excluding hydrogens is 276 g/mol. The van der Waals surface area contributed by atoms with E-state index in [1.807, 2.05) is 0 Å². The summed E-state index contributed by atoms with van der Waals surface area (Å²) in [6.07, 6.45) is -2.96. The molecule has 1 aliphatic rings. The summed E-state index contributed by atoms with van der Waals surface area (Å²) in [7, 11) is 0. The van der Waals surface area contributed by atoms with E-state index in [1.165, 1.54) is 12.1 Å². The average molecular weight is 288 g/mol. The Balaban J connectivity index is 2.43. The van der Waals surface area contributed by atoms with Crippen LogP contribution < -0.4 is 5.32 Å². The molecule has 1 aromatic rings. The van der Waals surface area contributed by atoms with Crippen molar-refractivity contribution in [1.29, 1.82) is 0 Å². The fourth-order valence-corrected chi connectivity index (χ4v) is 1.79. The van der Waals surface area contributed by atoms with Crippen LogP contribution in [0.25, 0.3) is 0 Å². The number of aromatic hydroxyl groups is 1. The van der Waals surface area contributed by atoms with Gasteiger partial charge >= 0.3 is 12.3 Å². The normalized spacial score (nSPS) is 16.2. The van der Waals surface area contributed by atoms with Gasteiger partial charge in [0.25, 0.3) is 0 Å². The standard InChI is InChI=1S/C13H12F4N2O/c14-12(15)13(16,17)11-7-9(18-5-6-19-11)8-3-1-2-4-10(8)20/h1-4,7,12,19-20H,5-6H2. The van der Waals surface area contributed by atoms with Crippen molar-refractivity contribution in [1.82, 2.24) is 5.32 Å². The van der Waals surface area contributed by atoms with Crippen LogP contribution in [0.4, 0.5) is 17.6 Å². The first-order chi connectivity index (χ1) is 9.43. The van der Waals surface area contributed by atoms with Crippen LogP contribution in [-0.4, -0.2) is 36.3 Å². The van der Waals surface area contributed by atoms with Gasteiger partial charge in [-0.1, -0.05) is 12.1 Å². The van der Waals surface area contributed by atoms with Gasteiger partial charge in [0.1, 0.15) is 5.75 Å². The molecule has 0 bridgehead atoms. The molecule has 7 heteroatoms. The van der Waals surface area contributed by atoms with E-state index in [0.717, 1.165) is 6.08 Å². The van der Waals surface area contributed by atoms with Crippen molar-refractivity contribution in [2.24, 2.45) is 4.99 Å². The smallest absolute Gasteiger partial charge is 0.346 e. The largest absolute Gasteiger partial charge is 0.507 e. The lowest BCUT2D eigenvalue weighted by molar-refractivity contribution is -0.103. The number of nitrogens with zero attached hydrogens (tertiary/aromatic N) is 1. The zero-order chi connectivity index (χ0) is 14.8. The van der Waals surface area contributed by atoms with Gasteiger partial charge in [-0.25, -0.2) is 8.78 Å². The third kappa shape index (κ3) is 2.76. The average Bonchev–Trinajstić information content (AvgIpc) is 2.65. The lowest BCUT2D eigenvalue weighted by Crippen LogP contribution is -2.37. The highest BCUT2D eigenvalue weighted by atomic mass is 19.3. The summed E-state index contributed by atoms with van der Waals surface area (Å²) in [5, 5.41) is 11.9. The predicted molar refractivity (Wildman–Crippen MR) is 66.5 cm³/mol. The first-order valence-electron chi connectivity index (χ1n) is 5.87. The highest BCUT2D eigenvalue weighted by Crippen LogP contribution is 2.31. The second kappa shape index (κ2) is 5.52. The third-order valence-electron chi connectivity index (χ3n) is 2.80. The molecule has 1 heterocycles. The molecule has 1 aliphatic heterocycles. The number of hydrogen-bond donors (Lipinski definition) is 2. The van der Waals surface area contributed by atoms with E-state index in [9.17, 15) is 22.7 Å². The molecule has 0 aromatic heterocycles. The van der Waals surface area contributed by atoms with Gasteiger partial charge in [0, 0.05) is 12.1 Å². The number of allylic oxidation sites excluding steroid dienone is 2. The highest BCUT2D eigenvalue weighted by molar-refractivity contribution is 6.11. The Kier molecular flexibility index (Phi) is 3.96. The van der Waals surface area contributed by atoms with Crippen molar-refractivity contribution in [2.75, 3.05) is 13.1 Å². The summed E-state index contributed by atoms with van der Waals surface area (Å²) >= 11 is 0. The maximum Gasteiger partial charge on any atom is 0.346 e. The van der Waals surface area contributed by atoms with Crippen LogP contribution >= 0.6 is 0 Å². The number of rotatable bonds is 3. The van der Waals surface area contributed by atoms with Crippen molar-refractivity contribution < 1.29 is 22.7 Å². The molecule has 3 nitrogen and oxygen atoms in total. The van der Waals surface area contributed by atoms with Gasteiger partial charge < -0.3 is 10.4 Å². The maximum atomic E-state index is 13.4. The topological polar surface area (TPSA) is 44.6 Å². The van der Waals surface area contributed by atoms with Gasteiger partial charge in [-0.05, 0) is 18.2 Å². The summed E-state index contributed by atoms with van der Waals surface area (Å²) < 4.78 is 51.6. The lowest BCUT2D eigenvalue weighted by Gasteiger charge is -2.19. The first-order valence-corrected chi connectivity index (χ1v) is 5.87. The van der Waals surface area contributed by atoms with Crippen molar-refractivity contribution in [3.63, 3.8) is 0 Å². The fourth-order valence-electron chi connectivity index (χ4n) is 1.79. The van der Waals surface area contributed by atoms with Crippen molar-refractivity contribution in [2.45, 2.75) is 12.3 Å². The zero-order valence-electron chi connectivity index (χ0n) is 10.3. The summed E-state index contributed by atoms with van der Waals surface area (Å²) in [4.78, 5) is 4.02. The molecule has 108 valence electrons. The molecule has 0 radical (unpaired) electrons. The Hall–Kier alpha value is -2.05. The van der Waals surface area contributed by atoms with E-state index < -0.39 is 18.0 Å². The predicted octanol–water partition coefficient (Wildman–Crippen LogP) is 2.57. The fraction of sp³-hybridized carbons (Fsp3) is 0.308. The van der Waals surface area contributed by atoms with Crippen LogP contribution in [0.15, 0.2) is 41.0 Å². The van der Waals surface area contributed by atoms with Crippen molar-refractivity contribution in [3.05, 3.63) is 41.6 Å². The van der Waals surface area contributed by atoms with Crippen LogP contribution in [0.2, 0.25) is 0 Å². The number of benzene rings is 1. The number of aliphatic imine (C=N–C) groups is 1. The second-order valence-corrected chi connectivity index (χ2v) is 4.19.